The largest absolute Gasteiger partial charge is 0.369 e. The summed E-state index contributed by atoms with van der Waals surface area (Å²) < 4.78 is 13.6. The Morgan fingerprint density at radius 1 is 1.14 bits per heavy atom. The number of amides is 1. The summed E-state index contributed by atoms with van der Waals surface area (Å²) in [5.74, 6) is -0.611. The van der Waals surface area contributed by atoms with E-state index >= 15 is 0 Å². The van der Waals surface area contributed by atoms with Crippen LogP contribution in [0.3, 0.4) is 0 Å². The van der Waals surface area contributed by atoms with E-state index in [4.69, 9.17) is 0 Å². The molecule has 0 radical (unpaired) electrons. The van der Waals surface area contributed by atoms with Crippen LogP contribution in [0.5, 0.6) is 0 Å². The third kappa shape index (κ3) is 3.72. The zero-order valence-corrected chi connectivity index (χ0v) is 15.4. The van der Waals surface area contributed by atoms with Gasteiger partial charge in [-0.2, -0.15) is 0 Å². The number of pyridine rings is 2. The van der Waals surface area contributed by atoms with E-state index in [1.807, 2.05) is 6.07 Å². The van der Waals surface area contributed by atoms with Crippen molar-refractivity contribution < 1.29 is 9.18 Å². The van der Waals surface area contributed by atoms with Crippen molar-refractivity contribution in [3.05, 3.63) is 64.3 Å². The number of carbonyl (C=O) groups excluding carboxylic acids is 1. The molecule has 144 valence electrons. The average molecular weight is 381 g/mol. The molecule has 2 aromatic heterocycles. The van der Waals surface area contributed by atoms with E-state index in [1.54, 1.807) is 12.3 Å². The first-order valence-electron chi connectivity index (χ1n) is 9.03. The highest BCUT2D eigenvalue weighted by molar-refractivity contribution is 6.12. The number of anilines is 2. The third-order valence-electron chi connectivity index (χ3n) is 4.90. The minimum atomic E-state index is -0.510. The minimum Gasteiger partial charge on any atom is -0.369 e. The van der Waals surface area contributed by atoms with Gasteiger partial charge in [0.05, 0.1) is 5.56 Å². The quantitative estimate of drug-likeness (QED) is 0.726. The summed E-state index contributed by atoms with van der Waals surface area (Å²) in [4.78, 5) is 36.0. The molecule has 1 aromatic carbocycles. The molecule has 4 rings (SSSR count). The lowest BCUT2D eigenvalue weighted by atomic mass is 10.1. The maximum atomic E-state index is 13.6. The predicted octanol–water partition coefficient (Wildman–Crippen LogP) is 2.07. The van der Waals surface area contributed by atoms with Gasteiger partial charge in [0.1, 0.15) is 11.6 Å². The number of hydrogen-bond donors (Lipinski definition) is 2. The molecule has 3 heterocycles. The molecule has 0 unspecified atom stereocenters. The van der Waals surface area contributed by atoms with Crippen LogP contribution in [0.2, 0.25) is 0 Å². The Hall–Kier alpha value is -3.26. The van der Waals surface area contributed by atoms with Gasteiger partial charge in [0.25, 0.3) is 5.91 Å². The maximum absolute atomic E-state index is 13.6. The zero-order valence-electron chi connectivity index (χ0n) is 15.4. The Kier molecular flexibility index (Phi) is 4.79. The van der Waals surface area contributed by atoms with E-state index in [-0.39, 0.29) is 5.56 Å². The second kappa shape index (κ2) is 7.40. The molecule has 0 spiro atoms. The number of likely N-dealkylation sites (N-methyl/N-ethyl adjacent to an activating group) is 1. The second-order valence-electron chi connectivity index (χ2n) is 6.88. The Balaban J connectivity index is 1.61. The van der Waals surface area contributed by atoms with Crippen molar-refractivity contribution >= 4 is 28.3 Å². The number of halogens is 1. The minimum absolute atomic E-state index is 0.102. The number of piperazine rings is 1. The molecule has 1 aliphatic rings. The van der Waals surface area contributed by atoms with E-state index < -0.39 is 17.3 Å². The van der Waals surface area contributed by atoms with Gasteiger partial charge in [0.15, 0.2) is 0 Å². The van der Waals surface area contributed by atoms with Crippen molar-refractivity contribution in [2.24, 2.45) is 0 Å². The standard InChI is InChI=1S/C20H20FN5O2/c1-25-6-8-26(9-7-25)14-4-5-22-18(11-14)24-20(28)16-12-19(27)23-17-3-2-13(21)10-15(16)17/h2-5,10-12H,6-9H2,1H3,(H,23,27)(H,22,24,28). The molecule has 8 heteroatoms. The van der Waals surface area contributed by atoms with Crippen molar-refractivity contribution in [2.75, 3.05) is 43.4 Å². The van der Waals surface area contributed by atoms with Crippen LogP contribution in [0.15, 0.2) is 47.4 Å². The van der Waals surface area contributed by atoms with Gasteiger partial charge in [-0.15, -0.1) is 0 Å². The summed E-state index contributed by atoms with van der Waals surface area (Å²) in [5.41, 5.74) is 1.05. The predicted molar refractivity (Wildman–Crippen MR) is 106 cm³/mol. The summed E-state index contributed by atoms with van der Waals surface area (Å²) >= 11 is 0. The Bertz CT molecular complexity index is 1090. The van der Waals surface area contributed by atoms with Gasteiger partial charge in [-0.25, -0.2) is 9.37 Å². The fraction of sp³-hybridized carbons (Fsp3) is 0.250. The molecule has 1 fully saturated rings. The van der Waals surface area contributed by atoms with E-state index in [1.165, 1.54) is 24.3 Å². The van der Waals surface area contributed by atoms with Gasteiger partial charge in [-0.3, -0.25) is 9.59 Å². The topological polar surface area (TPSA) is 81.3 Å². The van der Waals surface area contributed by atoms with Crippen molar-refractivity contribution in [1.82, 2.24) is 14.9 Å². The maximum Gasteiger partial charge on any atom is 0.257 e. The number of rotatable bonds is 3. The van der Waals surface area contributed by atoms with Crippen LogP contribution in [-0.2, 0) is 0 Å². The van der Waals surface area contributed by atoms with Gasteiger partial charge in [-0.05, 0) is 31.3 Å². The number of benzene rings is 1. The first-order valence-corrected chi connectivity index (χ1v) is 9.03. The van der Waals surface area contributed by atoms with Crippen molar-refractivity contribution in [2.45, 2.75) is 0 Å². The molecule has 1 saturated heterocycles. The molecule has 7 nitrogen and oxygen atoms in total. The molecule has 3 aromatic rings. The molecule has 0 saturated carbocycles. The molecule has 1 amide bonds. The Labute approximate surface area is 160 Å². The van der Waals surface area contributed by atoms with Crippen molar-refractivity contribution in [1.29, 1.82) is 0 Å². The van der Waals surface area contributed by atoms with Gasteiger partial charge in [0.2, 0.25) is 5.56 Å². The van der Waals surface area contributed by atoms with Gasteiger partial charge < -0.3 is 20.1 Å². The van der Waals surface area contributed by atoms with Crippen LogP contribution < -0.4 is 15.8 Å². The van der Waals surface area contributed by atoms with Crippen LogP contribution in [0.1, 0.15) is 10.4 Å². The number of H-pyrrole nitrogens is 1. The SMILES string of the molecule is CN1CCN(c2ccnc(NC(=O)c3cc(=O)[nH]c4ccc(F)cc34)c2)CC1. The van der Waals surface area contributed by atoms with Gasteiger partial charge >= 0.3 is 0 Å². The second-order valence-corrected chi connectivity index (χ2v) is 6.88. The highest BCUT2D eigenvalue weighted by Crippen LogP contribution is 2.21. The van der Waals surface area contributed by atoms with Gasteiger partial charge in [0, 0.05) is 61.1 Å². The Morgan fingerprint density at radius 3 is 2.71 bits per heavy atom. The summed E-state index contributed by atoms with van der Waals surface area (Å²) in [6.45, 7) is 3.72. The number of fused-ring (bicyclic) bond motifs is 1. The molecular formula is C20H20FN5O2. The first kappa shape index (κ1) is 18.1. The highest BCUT2D eigenvalue weighted by Gasteiger charge is 2.17. The monoisotopic (exact) mass is 381 g/mol. The molecule has 0 bridgehead atoms. The first-order chi connectivity index (χ1) is 13.5. The van der Waals surface area contributed by atoms with E-state index in [9.17, 15) is 14.0 Å². The number of aromatic amines is 1. The van der Waals surface area contributed by atoms with Gasteiger partial charge in [-0.1, -0.05) is 0 Å². The lowest BCUT2D eigenvalue weighted by molar-refractivity contribution is 0.102. The lowest BCUT2D eigenvalue weighted by Crippen LogP contribution is -2.44. The molecule has 2 N–H and O–H groups in total. The molecular weight excluding hydrogens is 361 g/mol. The fourth-order valence-electron chi connectivity index (χ4n) is 3.35. The summed E-state index contributed by atoms with van der Waals surface area (Å²) in [7, 11) is 2.09. The number of aromatic nitrogens is 2. The number of nitrogens with one attached hydrogen (secondary N) is 2. The lowest BCUT2D eigenvalue weighted by Gasteiger charge is -2.34. The zero-order chi connectivity index (χ0) is 19.7. The van der Waals surface area contributed by atoms with Crippen LogP contribution in [0.4, 0.5) is 15.9 Å². The van der Waals surface area contributed by atoms with Crippen LogP contribution in [-0.4, -0.2) is 54.0 Å². The molecule has 28 heavy (non-hydrogen) atoms. The number of carbonyl (C=O) groups is 1. The summed E-state index contributed by atoms with van der Waals surface area (Å²) in [5, 5.41) is 3.06. The molecule has 0 atom stereocenters. The van der Waals surface area contributed by atoms with E-state index in [2.05, 4.69) is 32.1 Å². The van der Waals surface area contributed by atoms with E-state index in [0.717, 1.165) is 31.9 Å². The molecule has 1 aliphatic heterocycles. The van der Waals surface area contributed by atoms with Crippen molar-refractivity contribution in [3.8, 4) is 0 Å². The summed E-state index contributed by atoms with van der Waals surface area (Å²) in [6.07, 6.45) is 1.64. The van der Waals surface area contributed by atoms with Crippen LogP contribution in [0, 0.1) is 5.82 Å². The van der Waals surface area contributed by atoms with Crippen LogP contribution in [0.25, 0.3) is 10.9 Å². The van der Waals surface area contributed by atoms with E-state index in [0.29, 0.717) is 16.7 Å². The summed E-state index contributed by atoms with van der Waals surface area (Å²) in [6, 6.07) is 8.78. The van der Waals surface area contributed by atoms with Crippen molar-refractivity contribution in [3.63, 3.8) is 0 Å². The highest BCUT2D eigenvalue weighted by atomic mass is 19.1. The normalized spacial score (nSPS) is 15.0. The third-order valence-corrected chi connectivity index (χ3v) is 4.90. The smallest absolute Gasteiger partial charge is 0.257 e. The average Bonchev–Trinajstić information content (AvgIpc) is 2.68. The Morgan fingerprint density at radius 2 is 1.93 bits per heavy atom. The fourth-order valence-corrected chi connectivity index (χ4v) is 3.35. The van der Waals surface area contributed by atoms with Crippen LogP contribution >= 0.6 is 0 Å². The number of hydrogen-bond acceptors (Lipinski definition) is 5. The number of nitrogens with zero attached hydrogens (tertiary/aromatic N) is 3. The molecule has 0 aliphatic carbocycles.